The molecule has 0 spiro atoms. The zero-order valence-electron chi connectivity index (χ0n) is 21.9. The highest BCUT2D eigenvalue weighted by atomic mass is 32.2. The van der Waals surface area contributed by atoms with Crippen LogP contribution in [-0.4, -0.2) is 70.0 Å². The van der Waals surface area contributed by atoms with Crippen LogP contribution in [0.5, 0.6) is 0 Å². The molecule has 8 nitrogen and oxygen atoms in total. The number of aryl methyl sites for hydroxylation is 1. The van der Waals surface area contributed by atoms with E-state index < -0.39 is 10.0 Å². The molecule has 0 unspecified atom stereocenters. The van der Waals surface area contributed by atoms with E-state index in [0.717, 1.165) is 60.1 Å². The second-order valence-corrected chi connectivity index (χ2v) is 12.9. The minimum Gasteiger partial charge on any atom is -0.351 e. The summed E-state index contributed by atoms with van der Waals surface area (Å²) in [5.41, 5.74) is 2.60. The molecule has 1 fully saturated rings. The fraction of sp³-hybridized carbons (Fsp3) is 0.310. The Morgan fingerprint density at radius 2 is 1.73 bits per heavy atom. The van der Waals surface area contributed by atoms with Crippen molar-refractivity contribution in [3.05, 3.63) is 83.7 Å². The fourth-order valence-corrected chi connectivity index (χ4v) is 7.86. The van der Waals surface area contributed by atoms with Crippen molar-refractivity contribution in [1.29, 1.82) is 0 Å². The number of halogens is 1. The first-order valence-electron chi connectivity index (χ1n) is 13.4. The Hall–Kier alpha value is -3.54. The van der Waals surface area contributed by atoms with Crippen LogP contribution in [-0.2, 0) is 16.4 Å². The number of fused-ring (bicyclic) bond motifs is 2. The molecule has 3 aromatic carbocycles. The van der Waals surface area contributed by atoms with Crippen LogP contribution in [0.25, 0.3) is 10.2 Å². The zero-order valence-corrected chi connectivity index (χ0v) is 23.6. The number of aromatic nitrogens is 1. The zero-order chi connectivity index (χ0) is 27.7. The van der Waals surface area contributed by atoms with Gasteiger partial charge in [0.05, 0.1) is 15.3 Å². The van der Waals surface area contributed by atoms with E-state index in [2.05, 4.69) is 20.1 Å². The van der Waals surface area contributed by atoms with Crippen LogP contribution >= 0.6 is 11.3 Å². The Bertz CT molecular complexity index is 1630. The van der Waals surface area contributed by atoms with Gasteiger partial charge in [0.2, 0.25) is 0 Å². The van der Waals surface area contributed by atoms with Crippen molar-refractivity contribution in [3.63, 3.8) is 0 Å². The van der Waals surface area contributed by atoms with Crippen LogP contribution < -0.4 is 14.5 Å². The normalized spacial score (nSPS) is 16.2. The van der Waals surface area contributed by atoms with Gasteiger partial charge in [0, 0.05) is 51.4 Å². The SMILES string of the molecule is O=C(NCCN1CCN(c2nc3c(F)cccc3s2)CC1)c1ccc(S(=O)(=O)N2CCCc3ccccc32)cc1. The number of para-hydroxylation sites is 2. The molecule has 6 rings (SSSR count). The summed E-state index contributed by atoms with van der Waals surface area (Å²) in [6.45, 7) is 4.83. The summed E-state index contributed by atoms with van der Waals surface area (Å²) in [5.74, 6) is -0.527. The lowest BCUT2D eigenvalue weighted by Gasteiger charge is -2.34. The van der Waals surface area contributed by atoms with Gasteiger partial charge in [0.15, 0.2) is 5.13 Å². The molecule has 3 heterocycles. The number of carbonyl (C=O) groups excluding carboxylic acids is 1. The van der Waals surface area contributed by atoms with Gasteiger partial charge in [-0.2, -0.15) is 0 Å². The molecule has 2 aliphatic heterocycles. The number of hydrogen-bond acceptors (Lipinski definition) is 7. The Kier molecular flexibility index (Phi) is 7.43. The van der Waals surface area contributed by atoms with E-state index >= 15 is 0 Å². The molecule has 0 atom stereocenters. The first-order valence-corrected chi connectivity index (χ1v) is 15.7. The first kappa shape index (κ1) is 26.7. The smallest absolute Gasteiger partial charge is 0.264 e. The Morgan fingerprint density at radius 3 is 2.50 bits per heavy atom. The van der Waals surface area contributed by atoms with Gasteiger partial charge >= 0.3 is 0 Å². The van der Waals surface area contributed by atoms with E-state index in [9.17, 15) is 17.6 Å². The third kappa shape index (κ3) is 5.28. The lowest BCUT2D eigenvalue weighted by atomic mass is 10.0. The number of hydrogen-bond donors (Lipinski definition) is 1. The maximum Gasteiger partial charge on any atom is 0.264 e. The van der Waals surface area contributed by atoms with Gasteiger partial charge in [-0.3, -0.25) is 14.0 Å². The molecule has 0 saturated carbocycles. The van der Waals surface area contributed by atoms with E-state index in [0.29, 0.717) is 30.7 Å². The predicted molar refractivity (Wildman–Crippen MR) is 156 cm³/mol. The monoisotopic (exact) mass is 579 g/mol. The summed E-state index contributed by atoms with van der Waals surface area (Å²) in [5, 5.41) is 3.78. The third-order valence-corrected chi connectivity index (χ3v) is 10.4. The molecule has 1 saturated heterocycles. The highest BCUT2D eigenvalue weighted by Crippen LogP contribution is 2.32. The van der Waals surface area contributed by atoms with Crippen LogP contribution in [0.3, 0.4) is 0 Å². The average molecular weight is 580 g/mol. The molecule has 0 aliphatic carbocycles. The molecule has 4 aromatic rings. The van der Waals surface area contributed by atoms with E-state index in [1.165, 1.54) is 33.8 Å². The Morgan fingerprint density at radius 1 is 0.950 bits per heavy atom. The van der Waals surface area contributed by atoms with Crippen molar-refractivity contribution in [2.24, 2.45) is 0 Å². The molecule has 1 N–H and O–H groups in total. The van der Waals surface area contributed by atoms with Crippen LogP contribution in [0.2, 0.25) is 0 Å². The number of nitrogens with one attached hydrogen (secondary N) is 1. The second kappa shape index (κ2) is 11.1. The molecule has 0 bridgehead atoms. The predicted octanol–water partition coefficient (Wildman–Crippen LogP) is 4.13. The minimum atomic E-state index is -3.72. The molecule has 1 aromatic heterocycles. The number of amides is 1. The molecule has 0 radical (unpaired) electrons. The summed E-state index contributed by atoms with van der Waals surface area (Å²) in [4.78, 5) is 21.8. The van der Waals surface area contributed by atoms with Crippen LogP contribution in [0.4, 0.5) is 15.2 Å². The van der Waals surface area contributed by atoms with E-state index in [1.807, 2.05) is 30.3 Å². The first-order chi connectivity index (χ1) is 19.4. The van der Waals surface area contributed by atoms with Crippen molar-refractivity contribution in [1.82, 2.24) is 15.2 Å². The average Bonchev–Trinajstić information content (AvgIpc) is 3.43. The van der Waals surface area contributed by atoms with E-state index in [4.69, 9.17) is 0 Å². The summed E-state index contributed by atoms with van der Waals surface area (Å²) in [7, 11) is -3.72. The van der Waals surface area contributed by atoms with Crippen molar-refractivity contribution in [2.75, 3.05) is 55.0 Å². The largest absolute Gasteiger partial charge is 0.351 e. The van der Waals surface area contributed by atoms with E-state index in [-0.39, 0.29) is 16.6 Å². The van der Waals surface area contributed by atoms with Crippen LogP contribution in [0.1, 0.15) is 22.3 Å². The van der Waals surface area contributed by atoms with Gasteiger partial charge in [-0.25, -0.2) is 17.8 Å². The molecule has 1 amide bonds. The van der Waals surface area contributed by atoms with Crippen LogP contribution in [0.15, 0.2) is 71.6 Å². The summed E-state index contributed by atoms with van der Waals surface area (Å²) in [6, 6.07) is 18.8. The molecule has 40 heavy (non-hydrogen) atoms. The number of carbonyl (C=O) groups is 1. The Balaban J connectivity index is 1.00. The van der Waals surface area contributed by atoms with Crippen molar-refractivity contribution >= 4 is 48.3 Å². The van der Waals surface area contributed by atoms with Crippen molar-refractivity contribution in [2.45, 2.75) is 17.7 Å². The second-order valence-electron chi connectivity index (χ2n) is 10.0. The van der Waals surface area contributed by atoms with Gasteiger partial charge < -0.3 is 10.2 Å². The minimum absolute atomic E-state index is 0.175. The lowest BCUT2D eigenvalue weighted by molar-refractivity contribution is 0.0947. The number of benzene rings is 3. The maximum atomic E-state index is 14.0. The van der Waals surface area contributed by atoms with Crippen molar-refractivity contribution < 1.29 is 17.6 Å². The highest BCUT2D eigenvalue weighted by Gasteiger charge is 2.29. The number of nitrogens with zero attached hydrogens (tertiary/aromatic N) is 4. The molecular weight excluding hydrogens is 549 g/mol. The Labute approximate surface area is 237 Å². The number of rotatable bonds is 7. The fourth-order valence-electron chi connectivity index (χ4n) is 5.29. The lowest BCUT2D eigenvalue weighted by Crippen LogP contribution is -2.48. The maximum absolute atomic E-state index is 14.0. The number of piperazine rings is 1. The number of thiazole rings is 1. The van der Waals surface area contributed by atoms with Gasteiger partial charge in [-0.15, -0.1) is 0 Å². The standard InChI is InChI=1S/C29H30FN5O3S2/c30-24-7-3-9-26-27(24)32-29(39-26)34-19-17-33(18-20-34)16-14-31-28(36)22-10-12-23(13-11-22)40(37,38)35-15-4-6-21-5-1-2-8-25(21)35/h1-3,5,7-13H,4,6,14-20H2,(H,31,36). The number of anilines is 2. The third-order valence-electron chi connectivity index (χ3n) is 7.49. The highest BCUT2D eigenvalue weighted by molar-refractivity contribution is 7.92. The summed E-state index contributed by atoms with van der Waals surface area (Å²) < 4.78 is 43.0. The topological polar surface area (TPSA) is 85.9 Å². The van der Waals surface area contributed by atoms with Gasteiger partial charge in [-0.1, -0.05) is 35.6 Å². The molecular formula is C29H30FN5O3S2. The molecule has 208 valence electrons. The van der Waals surface area contributed by atoms with Crippen molar-refractivity contribution in [3.8, 4) is 0 Å². The van der Waals surface area contributed by atoms with Gasteiger partial charge in [0.1, 0.15) is 11.3 Å². The molecule has 2 aliphatic rings. The van der Waals surface area contributed by atoms with Gasteiger partial charge in [-0.05, 0) is 60.9 Å². The molecule has 11 heteroatoms. The van der Waals surface area contributed by atoms with Gasteiger partial charge in [0.25, 0.3) is 15.9 Å². The summed E-state index contributed by atoms with van der Waals surface area (Å²) >= 11 is 1.50. The van der Waals surface area contributed by atoms with E-state index in [1.54, 1.807) is 18.2 Å². The van der Waals surface area contributed by atoms with Crippen LogP contribution in [0, 0.1) is 5.82 Å². The number of sulfonamides is 1. The quantitative estimate of drug-likeness (QED) is 0.355. The summed E-state index contributed by atoms with van der Waals surface area (Å²) in [6.07, 6.45) is 1.63.